The monoisotopic (exact) mass is 449 g/mol. The number of fused-ring (bicyclic) bond motifs is 1. The van der Waals surface area contributed by atoms with Crippen molar-refractivity contribution in [3.05, 3.63) is 93.7 Å². The van der Waals surface area contributed by atoms with Gasteiger partial charge in [-0.05, 0) is 48.4 Å². The zero-order chi connectivity index (χ0) is 21.8. The van der Waals surface area contributed by atoms with Crippen LogP contribution in [0.15, 0.2) is 82.7 Å². The Bertz CT molecular complexity index is 1320. The molecule has 0 unspecified atom stereocenters. The molecule has 0 aliphatic rings. The zero-order valence-electron chi connectivity index (χ0n) is 16.8. The lowest BCUT2D eigenvalue weighted by molar-refractivity contribution is -0.113. The predicted octanol–water partition coefficient (Wildman–Crippen LogP) is 5.33. The molecule has 0 aliphatic heterocycles. The summed E-state index contributed by atoms with van der Waals surface area (Å²) in [6, 6.07) is 21.9. The van der Waals surface area contributed by atoms with Gasteiger partial charge in [-0.3, -0.25) is 14.2 Å². The first-order valence-electron chi connectivity index (χ1n) is 9.85. The highest BCUT2D eigenvalue weighted by Crippen LogP contribution is 2.23. The van der Waals surface area contributed by atoms with Crippen LogP contribution in [-0.4, -0.2) is 21.2 Å². The number of halogens is 1. The van der Waals surface area contributed by atoms with Crippen LogP contribution >= 0.6 is 23.4 Å². The van der Waals surface area contributed by atoms with E-state index in [0.29, 0.717) is 26.8 Å². The van der Waals surface area contributed by atoms with Gasteiger partial charge in [0.15, 0.2) is 5.16 Å². The number of aromatic nitrogens is 2. The van der Waals surface area contributed by atoms with E-state index in [1.54, 1.807) is 42.5 Å². The number of thioether (sulfide) groups is 1. The highest BCUT2D eigenvalue weighted by atomic mass is 35.5. The third-order valence-corrected chi connectivity index (χ3v) is 5.99. The number of aryl methyl sites for hydroxylation is 1. The van der Waals surface area contributed by atoms with Crippen LogP contribution in [0.1, 0.15) is 12.5 Å². The van der Waals surface area contributed by atoms with E-state index in [-0.39, 0.29) is 17.2 Å². The zero-order valence-corrected chi connectivity index (χ0v) is 18.4. The maximum atomic E-state index is 13.2. The first-order chi connectivity index (χ1) is 15.1. The summed E-state index contributed by atoms with van der Waals surface area (Å²) in [6.45, 7) is 2.04. The molecule has 0 atom stereocenters. The van der Waals surface area contributed by atoms with E-state index in [1.165, 1.54) is 16.3 Å². The van der Waals surface area contributed by atoms with Gasteiger partial charge in [0.2, 0.25) is 5.91 Å². The first-order valence-corrected chi connectivity index (χ1v) is 11.2. The second kappa shape index (κ2) is 9.37. The highest BCUT2D eigenvalue weighted by Gasteiger charge is 2.15. The number of rotatable bonds is 6. The number of para-hydroxylation sites is 2. The topological polar surface area (TPSA) is 64.0 Å². The molecule has 0 bridgehead atoms. The Hall–Kier alpha value is -3.09. The van der Waals surface area contributed by atoms with Crippen LogP contribution in [-0.2, 0) is 11.2 Å². The fraction of sp³-hybridized carbons (Fsp3) is 0.125. The van der Waals surface area contributed by atoms with Crippen molar-refractivity contribution in [1.29, 1.82) is 0 Å². The minimum atomic E-state index is -0.202. The normalized spacial score (nSPS) is 10.9. The van der Waals surface area contributed by atoms with Gasteiger partial charge in [0.1, 0.15) is 0 Å². The second-order valence-electron chi connectivity index (χ2n) is 6.88. The maximum Gasteiger partial charge on any atom is 0.266 e. The summed E-state index contributed by atoms with van der Waals surface area (Å²) < 4.78 is 1.51. The number of carbonyl (C=O) groups is 1. The van der Waals surface area contributed by atoms with Crippen molar-refractivity contribution in [2.75, 3.05) is 11.1 Å². The largest absolute Gasteiger partial charge is 0.325 e. The van der Waals surface area contributed by atoms with E-state index in [2.05, 4.69) is 10.3 Å². The Morgan fingerprint density at radius 1 is 1.06 bits per heavy atom. The predicted molar refractivity (Wildman–Crippen MR) is 128 cm³/mol. The SMILES string of the molecule is CCc1ccccc1NC(=O)CSc1nc2ccccc2c(=O)n1-c1cccc(Cl)c1. The first kappa shape index (κ1) is 21.2. The standard InChI is InChI=1S/C24H20ClN3O2S/c1-2-16-8-3-5-12-20(16)26-22(29)15-31-24-27-21-13-6-4-11-19(21)23(30)28(24)18-10-7-9-17(25)14-18/h3-14H,2,15H2,1H3,(H,26,29). The van der Waals surface area contributed by atoms with Gasteiger partial charge in [-0.15, -0.1) is 0 Å². The van der Waals surface area contributed by atoms with Crippen molar-refractivity contribution in [1.82, 2.24) is 9.55 Å². The van der Waals surface area contributed by atoms with Crippen molar-refractivity contribution < 1.29 is 4.79 Å². The van der Waals surface area contributed by atoms with Crippen LogP contribution in [0.25, 0.3) is 16.6 Å². The smallest absolute Gasteiger partial charge is 0.266 e. The number of amides is 1. The van der Waals surface area contributed by atoms with Crippen molar-refractivity contribution in [2.24, 2.45) is 0 Å². The number of nitrogens with zero attached hydrogens (tertiary/aromatic N) is 2. The van der Waals surface area contributed by atoms with E-state index in [9.17, 15) is 9.59 Å². The van der Waals surface area contributed by atoms with Crippen molar-refractivity contribution in [2.45, 2.75) is 18.5 Å². The molecule has 0 aliphatic carbocycles. The molecule has 3 aromatic carbocycles. The van der Waals surface area contributed by atoms with Gasteiger partial charge in [-0.25, -0.2) is 4.98 Å². The number of hydrogen-bond donors (Lipinski definition) is 1. The third-order valence-electron chi connectivity index (χ3n) is 4.82. The van der Waals surface area contributed by atoms with Crippen LogP contribution < -0.4 is 10.9 Å². The molecule has 0 saturated carbocycles. The van der Waals surface area contributed by atoms with E-state index >= 15 is 0 Å². The molecule has 156 valence electrons. The fourth-order valence-corrected chi connectivity index (χ4v) is 4.32. The van der Waals surface area contributed by atoms with Crippen LogP contribution in [0.3, 0.4) is 0 Å². The Labute approximate surface area is 189 Å². The number of anilines is 1. The molecule has 31 heavy (non-hydrogen) atoms. The minimum absolute atomic E-state index is 0.114. The Kier molecular flexibility index (Phi) is 6.39. The molecule has 1 aromatic heterocycles. The molecule has 1 N–H and O–H groups in total. The molecule has 1 amide bonds. The molecule has 4 rings (SSSR count). The summed E-state index contributed by atoms with van der Waals surface area (Å²) in [5, 5.41) is 4.41. The molecule has 0 saturated heterocycles. The van der Waals surface area contributed by atoms with Gasteiger partial charge in [-0.2, -0.15) is 0 Å². The summed E-state index contributed by atoms with van der Waals surface area (Å²) in [5.41, 5.74) is 2.86. The van der Waals surface area contributed by atoms with E-state index in [4.69, 9.17) is 11.6 Å². The van der Waals surface area contributed by atoms with E-state index in [1.807, 2.05) is 37.3 Å². The van der Waals surface area contributed by atoms with E-state index in [0.717, 1.165) is 17.7 Å². The Balaban J connectivity index is 1.67. The molecule has 0 fully saturated rings. The summed E-state index contributed by atoms with van der Waals surface area (Å²) in [4.78, 5) is 30.5. The van der Waals surface area contributed by atoms with Gasteiger partial charge in [-0.1, -0.05) is 66.7 Å². The average molecular weight is 450 g/mol. The van der Waals surface area contributed by atoms with Gasteiger partial charge >= 0.3 is 0 Å². The van der Waals surface area contributed by atoms with E-state index < -0.39 is 0 Å². The molecule has 5 nitrogen and oxygen atoms in total. The summed E-state index contributed by atoms with van der Waals surface area (Å²) in [6.07, 6.45) is 0.824. The molecule has 1 heterocycles. The van der Waals surface area contributed by atoms with Crippen LogP contribution in [0.2, 0.25) is 5.02 Å². The molecular weight excluding hydrogens is 430 g/mol. The van der Waals surface area contributed by atoms with Gasteiger partial charge in [0.05, 0.1) is 22.3 Å². The lowest BCUT2D eigenvalue weighted by Crippen LogP contribution is -2.23. The number of nitrogens with one attached hydrogen (secondary N) is 1. The summed E-state index contributed by atoms with van der Waals surface area (Å²) in [7, 11) is 0. The molecule has 0 radical (unpaired) electrons. The molecular formula is C24H20ClN3O2S. The lowest BCUT2D eigenvalue weighted by Gasteiger charge is -2.14. The summed E-state index contributed by atoms with van der Waals surface area (Å²) in [5.74, 6) is -0.0467. The lowest BCUT2D eigenvalue weighted by atomic mass is 10.1. The van der Waals surface area contributed by atoms with Crippen LogP contribution in [0.4, 0.5) is 5.69 Å². The number of carbonyl (C=O) groups excluding carboxylic acids is 1. The Morgan fingerprint density at radius 3 is 2.65 bits per heavy atom. The van der Waals surface area contributed by atoms with Gasteiger partial charge in [0, 0.05) is 10.7 Å². The van der Waals surface area contributed by atoms with Crippen molar-refractivity contribution in [3.8, 4) is 5.69 Å². The van der Waals surface area contributed by atoms with Gasteiger partial charge < -0.3 is 5.32 Å². The quantitative estimate of drug-likeness (QED) is 0.319. The molecule has 0 spiro atoms. The maximum absolute atomic E-state index is 13.2. The summed E-state index contributed by atoms with van der Waals surface area (Å²) >= 11 is 7.37. The highest BCUT2D eigenvalue weighted by molar-refractivity contribution is 7.99. The molecule has 4 aromatic rings. The minimum Gasteiger partial charge on any atom is -0.325 e. The van der Waals surface area contributed by atoms with Crippen molar-refractivity contribution in [3.63, 3.8) is 0 Å². The number of hydrogen-bond acceptors (Lipinski definition) is 4. The third kappa shape index (κ3) is 4.65. The fourth-order valence-electron chi connectivity index (χ4n) is 3.32. The van der Waals surface area contributed by atoms with Crippen molar-refractivity contribution >= 4 is 45.9 Å². The molecule has 7 heteroatoms. The van der Waals surface area contributed by atoms with Crippen LogP contribution in [0.5, 0.6) is 0 Å². The number of benzene rings is 3. The van der Waals surface area contributed by atoms with Gasteiger partial charge in [0.25, 0.3) is 5.56 Å². The average Bonchev–Trinajstić information content (AvgIpc) is 2.78. The van der Waals surface area contributed by atoms with Crippen LogP contribution in [0, 0.1) is 0 Å². The Morgan fingerprint density at radius 2 is 1.84 bits per heavy atom. The second-order valence-corrected chi connectivity index (χ2v) is 8.26.